The fraction of sp³-hybridized carbons (Fsp3) is 0.417. The average Bonchev–Trinajstić information content (AvgIpc) is 2.02. The fourth-order valence-electron chi connectivity index (χ4n) is 0.820. The monoisotopic (exact) mass is 162 g/mol. The van der Waals surface area contributed by atoms with Crippen molar-refractivity contribution in [3.63, 3.8) is 0 Å². The molecule has 0 bridgehead atoms. The van der Waals surface area contributed by atoms with Gasteiger partial charge in [0.25, 0.3) is 0 Å². The summed E-state index contributed by atoms with van der Waals surface area (Å²) in [7, 11) is 0. The number of hydrogen-bond donors (Lipinski definition) is 0. The summed E-state index contributed by atoms with van der Waals surface area (Å²) >= 11 is 0. The van der Waals surface area contributed by atoms with Crippen LogP contribution in [0.5, 0.6) is 0 Å². The standard InChI is InChI=1S/C12H18/c1-4-5-6-7-8-9-10-11-12(2)3/h4,9,11H,1-2,5-8H2,3H3. The second-order valence-electron chi connectivity index (χ2n) is 2.93. The van der Waals surface area contributed by atoms with Crippen molar-refractivity contribution in [2.45, 2.75) is 32.6 Å². The summed E-state index contributed by atoms with van der Waals surface area (Å²) in [4.78, 5) is 0. The Labute approximate surface area is 76.0 Å². The van der Waals surface area contributed by atoms with Crippen LogP contribution in [0.1, 0.15) is 32.6 Å². The highest BCUT2D eigenvalue weighted by Crippen LogP contribution is 2.00. The van der Waals surface area contributed by atoms with Crippen molar-refractivity contribution < 1.29 is 0 Å². The first-order valence-corrected chi connectivity index (χ1v) is 4.44. The van der Waals surface area contributed by atoms with E-state index in [0.717, 1.165) is 18.4 Å². The minimum Gasteiger partial charge on any atom is -0.125 e. The van der Waals surface area contributed by atoms with Crippen molar-refractivity contribution in [1.29, 1.82) is 0 Å². The molecule has 0 nitrogen and oxygen atoms in total. The first-order chi connectivity index (χ1) is 5.77. The molecule has 0 aromatic heterocycles. The van der Waals surface area contributed by atoms with Gasteiger partial charge in [-0.25, -0.2) is 0 Å². The number of hydrogen-bond acceptors (Lipinski definition) is 0. The van der Waals surface area contributed by atoms with Gasteiger partial charge in [0.05, 0.1) is 0 Å². The van der Waals surface area contributed by atoms with E-state index in [-0.39, 0.29) is 0 Å². The molecule has 0 amide bonds. The zero-order chi connectivity index (χ0) is 9.23. The predicted molar refractivity (Wildman–Crippen MR) is 56.1 cm³/mol. The Balaban J connectivity index is 3.35. The van der Waals surface area contributed by atoms with Crippen LogP contribution in [-0.2, 0) is 0 Å². The Morgan fingerprint density at radius 3 is 2.58 bits per heavy atom. The summed E-state index contributed by atoms with van der Waals surface area (Å²) in [5, 5.41) is 0. The predicted octanol–water partition coefficient (Wildman–Crippen LogP) is 4.02. The molecule has 0 aliphatic rings. The number of rotatable bonds is 6. The first kappa shape index (κ1) is 11.0. The molecule has 0 heteroatoms. The molecule has 0 aliphatic carbocycles. The molecule has 0 atom stereocenters. The molecule has 0 unspecified atom stereocenters. The fourth-order valence-corrected chi connectivity index (χ4v) is 0.820. The van der Waals surface area contributed by atoms with Crippen molar-refractivity contribution in [2.24, 2.45) is 0 Å². The molecule has 0 N–H and O–H groups in total. The lowest BCUT2D eigenvalue weighted by atomic mass is 10.2. The van der Waals surface area contributed by atoms with Gasteiger partial charge in [0, 0.05) is 0 Å². The third-order valence-electron chi connectivity index (χ3n) is 1.45. The highest BCUT2D eigenvalue weighted by atomic mass is 13.9. The maximum absolute atomic E-state index is 3.75. The molecule has 0 heterocycles. The van der Waals surface area contributed by atoms with Gasteiger partial charge in [-0.3, -0.25) is 0 Å². The Morgan fingerprint density at radius 2 is 2.00 bits per heavy atom. The molecular weight excluding hydrogens is 144 g/mol. The van der Waals surface area contributed by atoms with Crippen molar-refractivity contribution in [2.75, 3.05) is 0 Å². The van der Waals surface area contributed by atoms with Gasteiger partial charge in [-0.1, -0.05) is 18.2 Å². The van der Waals surface area contributed by atoms with Gasteiger partial charge in [-0.05, 0) is 44.8 Å². The third-order valence-corrected chi connectivity index (χ3v) is 1.45. The lowest BCUT2D eigenvalue weighted by molar-refractivity contribution is 0.763. The van der Waals surface area contributed by atoms with Crippen LogP contribution in [0.25, 0.3) is 0 Å². The molecule has 0 saturated carbocycles. The molecular formula is C12H18. The summed E-state index contributed by atoms with van der Waals surface area (Å²) in [6.07, 6.45) is 10.6. The largest absolute Gasteiger partial charge is 0.125 e. The second-order valence-corrected chi connectivity index (χ2v) is 2.93. The SMILES string of the molecule is C=CCCCCC=C=CC(=C)C. The molecule has 0 spiro atoms. The highest BCUT2D eigenvalue weighted by Gasteiger charge is 1.80. The van der Waals surface area contributed by atoms with Crippen LogP contribution in [0.4, 0.5) is 0 Å². The number of allylic oxidation sites excluding steroid dienone is 3. The van der Waals surface area contributed by atoms with E-state index < -0.39 is 0 Å². The van der Waals surface area contributed by atoms with Gasteiger partial charge in [0.2, 0.25) is 0 Å². The molecule has 66 valence electrons. The quantitative estimate of drug-likeness (QED) is 0.239. The smallest absolute Gasteiger partial charge is 0.0180 e. The Kier molecular flexibility index (Phi) is 7.42. The molecule has 0 aliphatic heterocycles. The van der Waals surface area contributed by atoms with Crippen LogP contribution in [0.15, 0.2) is 42.7 Å². The van der Waals surface area contributed by atoms with Gasteiger partial charge in [-0.2, -0.15) is 0 Å². The lowest BCUT2D eigenvalue weighted by Crippen LogP contribution is -1.70. The van der Waals surface area contributed by atoms with Gasteiger partial charge in [0.15, 0.2) is 0 Å². The van der Waals surface area contributed by atoms with Gasteiger partial charge < -0.3 is 0 Å². The van der Waals surface area contributed by atoms with E-state index in [2.05, 4.69) is 25.0 Å². The summed E-state index contributed by atoms with van der Waals surface area (Å²) in [6.45, 7) is 9.40. The van der Waals surface area contributed by atoms with Crippen molar-refractivity contribution in [3.05, 3.63) is 42.7 Å². The van der Waals surface area contributed by atoms with Crippen LogP contribution in [0, 0.1) is 0 Å². The maximum Gasteiger partial charge on any atom is -0.0180 e. The zero-order valence-corrected chi connectivity index (χ0v) is 7.97. The van der Waals surface area contributed by atoms with E-state index in [0.29, 0.717) is 0 Å². The van der Waals surface area contributed by atoms with Gasteiger partial charge >= 0.3 is 0 Å². The molecule has 0 fully saturated rings. The summed E-state index contributed by atoms with van der Waals surface area (Å²) < 4.78 is 0. The minimum atomic E-state index is 1.05. The Morgan fingerprint density at radius 1 is 1.33 bits per heavy atom. The summed E-state index contributed by atoms with van der Waals surface area (Å²) in [5.74, 6) is 0. The van der Waals surface area contributed by atoms with Gasteiger partial charge in [-0.15, -0.1) is 12.3 Å². The van der Waals surface area contributed by atoms with E-state index >= 15 is 0 Å². The average molecular weight is 162 g/mol. The van der Waals surface area contributed by atoms with E-state index in [1.807, 2.05) is 19.1 Å². The molecule has 0 radical (unpaired) electrons. The van der Waals surface area contributed by atoms with Crippen LogP contribution < -0.4 is 0 Å². The molecule has 0 aromatic carbocycles. The molecule has 12 heavy (non-hydrogen) atoms. The molecule has 0 aromatic rings. The van der Waals surface area contributed by atoms with Crippen LogP contribution in [-0.4, -0.2) is 0 Å². The normalized spacial score (nSPS) is 8.42. The third kappa shape index (κ3) is 9.00. The molecule has 0 rings (SSSR count). The van der Waals surface area contributed by atoms with E-state index in [1.54, 1.807) is 0 Å². The summed E-state index contributed by atoms with van der Waals surface area (Å²) in [5.41, 5.74) is 4.14. The first-order valence-electron chi connectivity index (χ1n) is 4.44. The highest BCUT2D eigenvalue weighted by molar-refractivity contribution is 5.10. The zero-order valence-electron chi connectivity index (χ0n) is 7.97. The van der Waals surface area contributed by atoms with E-state index in [4.69, 9.17) is 0 Å². The topological polar surface area (TPSA) is 0 Å². The number of unbranched alkanes of at least 4 members (excludes halogenated alkanes) is 3. The summed E-state index contributed by atoms with van der Waals surface area (Å²) in [6, 6.07) is 0. The van der Waals surface area contributed by atoms with E-state index in [1.165, 1.54) is 12.8 Å². The Hall–Kier alpha value is -1.00. The van der Waals surface area contributed by atoms with Crippen molar-refractivity contribution in [1.82, 2.24) is 0 Å². The lowest BCUT2D eigenvalue weighted by Gasteiger charge is -1.89. The van der Waals surface area contributed by atoms with Crippen molar-refractivity contribution in [3.8, 4) is 0 Å². The maximum atomic E-state index is 3.75. The second kappa shape index (κ2) is 8.10. The van der Waals surface area contributed by atoms with Crippen LogP contribution in [0.2, 0.25) is 0 Å². The molecule has 0 saturated heterocycles. The van der Waals surface area contributed by atoms with Gasteiger partial charge in [0.1, 0.15) is 0 Å². The van der Waals surface area contributed by atoms with E-state index in [9.17, 15) is 0 Å². The Bertz CT molecular complexity index is 190. The van der Waals surface area contributed by atoms with Crippen molar-refractivity contribution >= 4 is 0 Å². The van der Waals surface area contributed by atoms with Crippen LogP contribution in [0.3, 0.4) is 0 Å². The minimum absolute atomic E-state index is 1.05. The van der Waals surface area contributed by atoms with Crippen LogP contribution >= 0.6 is 0 Å².